The summed E-state index contributed by atoms with van der Waals surface area (Å²) < 4.78 is 7.70. The van der Waals surface area contributed by atoms with Gasteiger partial charge in [-0.1, -0.05) is 12.8 Å². The van der Waals surface area contributed by atoms with Crippen LogP contribution in [-0.4, -0.2) is 31.6 Å². The summed E-state index contributed by atoms with van der Waals surface area (Å²) in [4.78, 5) is 14.3. The van der Waals surface area contributed by atoms with Gasteiger partial charge < -0.3 is 25.4 Å². The van der Waals surface area contributed by atoms with E-state index in [0.717, 1.165) is 48.4 Å². The molecule has 4 N–H and O–H groups in total. The van der Waals surface area contributed by atoms with E-state index in [1.54, 1.807) is 6.26 Å². The van der Waals surface area contributed by atoms with Crippen LogP contribution in [0.2, 0.25) is 0 Å². The van der Waals surface area contributed by atoms with Crippen molar-refractivity contribution in [2.75, 3.05) is 10.6 Å². The number of imidazole rings is 1. The molecule has 0 spiro atoms. The maximum atomic E-state index is 6.06. The maximum absolute atomic E-state index is 6.06. The van der Waals surface area contributed by atoms with E-state index in [1.165, 1.54) is 25.7 Å². The van der Waals surface area contributed by atoms with Crippen LogP contribution in [0.15, 0.2) is 29.1 Å². The molecular weight excluding hydrogens is 366 g/mol. The van der Waals surface area contributed by atoms with E-state index >= 15 is 0 Å². The molecule has 0 aromatic carbocycles. The first-order valence-corrected chi connectivity index (χ1v) is 10.8. The van der Waals surface area contributed by atoms with Gasteiger partial charge in [-0.15, -0.1) is 0 Å². The molecule has 0 unspecified atom stereocenters. The molecular formula is C21H29N7O. The molecule has 0 saturated heterocycles. The van der Waals surface area contributed by atoms with Gasteiger partial charge in [-0.25, -0.2) is 4.98 Å². The molecule has 0 aliphatic heterocycles. The number of hydrogen-bond acceptors (Lipinski definition) is 7. The van der Waals surface area contributed by atoms with Crippen LogP contribution in [0.4, 0.5) is 11.8 Å². The molecule has 2 aliphatic carbocycles. The Morgan fingerprint density at radius 1 is 1.10 bits per heavy atom. The van der Waals surface area contributed by atoms with Crippen LogP contribution in [0.3, 0.4) is 0 Å². The molecule has 2 aliphatic rings. The van der Waals surface area contributed by atoms with Crippen molar-refractivity contribution in [3.8, 4) is 0 Å². The van der Waals surface area contributed by atoms with Gasteiger partial charge in [-0.3, -0.25) is 0 Å². The Kier molecular flexibility index (Phi) is 5.10. The average molecular weight is 396 g/mol. The zero-order valence-electron chi connectivity index (χ0n) is 16.7. The molecule has 8 nitrogen and oxygen atoms in total. The quantitative estimate of drug-likeness (QED) is 0.582. The molecule has 29 heavy (non-hydrogen) atoms. The van der Waals surface area contributed by atoms with Crippen LogP contribution in [0.5, 0.6) is 0 Å². The molecule has 2 fully saturated rings. The number of anilines is 2. The Morgan fingerprint density at radius 3 is 2.69 bits per heavy atom. The third kappa shape index (κ3) is 3.94. The van der Waals surface area contributed by atoms with Gasteiger partial charge in [-0.05, 0) is 50.7 Å². The van der Waals surface area contributed by atoms with Gasteiger partial charge >= 0.3 is 0 Å². The molecule has 5 rings (SSSR count). The maximum Gasteiger partial charge on any atom is 0.227 e. The molecule has 0 bridgehead atoms. The first-order valence-electron chi connectivity index (χ1n) is 10.8. The van der Waals surface area contributed by atoms with Crippen molar-refractivity contribution in [2.24, 2.45) is 5.73 Å². The zero-order valence-corrected chi connectivity index (χ0v) is 16.7. The van der Waals surface area contributed by atoms with Gasteiger partial charge in [0.15, 0.2) is 17.0 Å². The third-order valence-electron chi connectivity index (χ3n) is 6.25. The highest BCUT2D eigenvalue weighted by atomic mass is 16.3. The van der Waals surface area contributed by atoms with Crippen molar-refractivity contribution in [3.63, 3.8) is 0 Å². The smallest absolute Gasteiger partial charge is 0.227 e. The van der Waals surface area contributed by atoms with Crippen LogP contribution >= 0.6 is 0 Å². The average Bonchev–Trinajstić information content (AvgIpc) is 3.49. The monoisotopic (exact) mass is 395 g/mol. The lowest BCUT2D eigenvalue weighted by molar-refractivity contribution is 0.410. The Morgan fingerprint density at radius 2 is 1.93 bits per heavy atom. The zero-order chi connectivity index (χ0) is 19.6. The van der Waals surface area contributed by atoms with E-state index in [9.17, 15) is 0 Å². The SMILES string of the molecule is NC1CCC(Nc2nc(NCc3ccco3)c3ncn(C4CCCC4)c3n2)CC1. The molecule has 154 valence electrons. The second-order valence-corrected chi connectivity index (χ2v) is 8.35. The fourth-order valence-corrected chi connectivity index (χ4v) is 4.58. The lowest BCUT2D eigenvalue weighted by atomic mass is 9.92. The number of nitrogens with zero attached hydrogens (tertiary/aromatic N) is 4. The number of nitrogens with one attached hydrogen (secondary N) is 2. The third-order valence-corrected chi connectivity index (χ3v) is 6.25. The highest BCUT2D eigenvalue weighted by Crippen LogP contribution is 2.33. The van der Waals surface area contributed by atoms with E-state index in [4.69, 9.17) is 20.1 Å². The number of fused-ring (bicyclic) bond motifs is 1. The largest absolute Gasteiger partial charge is 0.467 e. The van der Waals surface area contributed by atoms with Gasteiger partial charge in [0.1, 0.15) is 5.76 Å². The fourth-order valence-electron chi connectivity index (χ4n) is 4.58. The lowest BCUT2D eigenvalue weighted by Gasteiger charge is -2.27. The second-order valence-electron chi connectivity index (χ2n) is 8.35. The molecule has 0 radical (unpaired) electrons. The minimum atomic E-state index is 0.325. The standard InChI is InChI=1S/C21H29N7O/c22-14-7-9-15(10-8-14)25-21-26-19(23-12-17-6-3-11-29-17)18-20(27-21)28(13-24-18)16-4-1-2-5-16/h3,6,11,13-16H,1-2,4-5,7-10,12,22H2,(H2,23,25,26,27). The van der Waals surface area contributed by atoms with E-state index in [0.29, 0.717) is 30.6 Å². The van der Waals surface area contributed by atoms with E-state index < -0.39 is 0 Å². The van der Waals surface area contributed by atoms with Gasteiger partial charge in [-0.2, -0.15) is 9.97 Å². The summed E-state index contributed by atoms with van der Waals surface area (Å²) in [6, 6.07) is 5.02. The summed E-state index contributed by atoms with van der Waals surface area (Å²) in [7, 11) is 0. The normalized spacial score (nSPS) is 22.9. The van der Waals surface area contributed by atoms with Crippen LogP contribution in [0.1, 0.15) is 63.2 Å². The summed E-state index contributed by atoms with van der Waals surface area (Å²) in [5.74, 6) is 2.28. The lowest BCUT2D eigenvalue weighted by Crippen LogP contribution is -2.33. The van der Waals surface area contributed by atoms with Gasteiger partial charge in [0, 0.05) is 18.1 Å². The predicted octanol–water partition coefficient (Wildman–Crippen LogP) is 3.83. The summed E-state index contributed by atoms with van der Waals surface area (Å²) in [6.45, 7) is 0.563. The van der Waals surface area contributed by atoms with Crippen molar-refractivity contribution >= 4 is 22.9 Å². The molecule has 0 atom stereocenters. The Balaban J connectivity index is 1.45. The summed E-state index contributed by atoms with van der Waals surface area (Å²) in [5.41, 5.74) is 7.79. The van der Waals surface area contributed by atoms with E-state index in [2.05, 4.69) is 20.2 Å². The minimum Gasteiger partial charge on any atom is -0.467 e. The number of rotatable bonds is 6. The number of hydrogen-bond donors (Lipinski definition) is 3. The van der Waals surface area contributed by atoms with Crippen LogP contribution in [0.25, 0.3) is 11.2 Å². The molecule has 0 amide bonds. The van der Waals surface area contributed by atoms with Gasteiger partial charge in [0.05, 0.1) is 19.1 Å². The van der Waals surface area contributed by atoms with Crippen LogP contribution in [0, 0.1) is 0 Å². The highest BCUT2D eigenvalue weighted by Gasteiger charge is 2.23. The number of furan rings is 1. The first-order chi connectivity index (χ1) is 14.3. The summed E-state index contributed by atoms with van der Waals surface area (Å²) in [5, 5.41) is 6.95. The van der Waals surface area contributed by atoms with Crippen molar-refractivity contribution in [1.82, 2.24) is 19.5 Å². The second kappa shape index (κ2) is 8.02. The fraction of sp³-hybridized carbons (Fsp3) is 0.571. The van der Waals surface area contributed by atoms with Crippen LogP contribution < -0.4 is 16.4 Å². The van der Waals surface area contributed by atoms with Crippen LogP contribution in [-0.2, 0) is 6.54 Å². The topological polar surface area (TPSA) is 107 Å². The number of nitrogens with two attached hydrogens (primary N) is 1. The van der Waals surface area contributed by atoms with Crippen molar-refractivity contribution in [3.05, 3.63) is 30.5 Å². The van der Waals surface area contributed by atoms with Crippen molar-refractivity contribution in [2.45, 2.75) is 76.0 Å². The van der Waals surface area contributed by atoms with Crippen molar-refractivity contribution < 1.29 is 4.42 Å². The number of aromatic nitrogens is 4. The summed E-state index contributed by atoms with van der Waals surface area (Å²) in [6.07, 6.45) is 12.7. The Labute approximate surface area is 170 Å². The van der Waals surface area contributed by atoms with E-state index in [-0.39, 0.29) is 0 Å². The summed E-state index contributed by atoms with van der Waals surface area (Å²) >= 11 is 0. The molecule has 3 aromatic rings. The Bertz CT molecular complexity index is 938. The van der Waals surface area contributed by atoms with Gasteiger partial charge in [0.2, 0.25) is 5.95 Å². The molecule has 3 aromatic heterocycles. The highest BCUT2D eigenvalue weighted by molar-refractivity contribution is 5.84. The van der Waals surface area contributed by atoms with E-state index in [1.807, 2.05) is 18.5 Å². The Hall–Kier alpha value is -2.61. The molecule has 8 heteroatoms. The minimum absolute atomic E-state index is 0.325. The molecule has 3 heterocycles. The van der Waals surface area contributed by atoms with Crippen molar-refractivity contribution in [1.29, 1.82) is 0 Å². The first kappa shape index (κ1) is 18.4. The molecule has 2 saturated carbocycles. The predicted molar refractivity (Wildman–Crippen MR) is 113 cm³/mol. The van der Waals surface area contributed by atoms with Gasteiger partial charge in [0.25, 0.3) is 0 Å².